The molecule has 0 fully saturated rings. The molecule has 1 amide bonds. The molecule has 0 saturated heterocycles. The number of amides is 1. The molecule has 0 saturated carbocycles. The Morgan fingerprint density at radius 3 is 1.96 bits per heavy atom. The van der Waals surface area contributed by atoms with Crippen molar-refractivity contribution < 1.29 is 4.79 Å². The van der Waals surface area contributed by atoms with E-state index < -0.39 is 0 Å². The van der Waals surface area contributed by atoms with Crippen molar-refractivity contribution in [3.05, 3.63) is 90.5 Å². The van der Waals surface area contributed by atoms with Gasteiger partial charge in [-0.1, -0.05) is 60.7 Å². The molecule has 23 heavy (non-hydrogen) atoms. The Labute approximate surface area is 136 Å². The monoisotopic (exact) mass is 305 g/mol. The minimum atomic E-state index is 0.0794. The van der Waals surface area contributed by atoms with Gasteiger partial charge in [0.15, 0.2) is 0 Å². The van der Waals surface area contributed by atoms with Crippen LogP contribution in [0.3, 0.4) is 0 Å². The third kappa shape index (κ3) is 4.30. The van der Waals surface area contributed by atoms with E-state index in [1.54, 1.807) is 23.3 Å². The van der Waals surface area contributed by atoms with E-state index in [0.29, 0.717) is 19.6 Å². The van der Waals surface area contributed by atoms with Crippen LogP contribution in [0.25, 0.3) is 0 Å². The van der Waals surface area contributed by atoms with Gasteiger partial charge >= 0.3 is 0 Å². The third-order valence-electron chi connectivity index (χ3n) is 3.66. The van der Waals surface area contributed by atoms with Crippen LogP contribution in [0.5, 0.6) is 0 Å². The smallest absolute Gasteiger partial charge is 0.243 e. The van der Waals surface area contributed by atoms with Crippen molar-refractivity contribution in [2.24, 2.45) is 0 Å². The van der Waals surface area contributed by atoms with Crippen molar-refractivity contribution in [3.8, 4) is 0 Å². The van der Waals surface area contributed by atoms with Crippen LogP contribution in [0.15, 0.2) is 79.4 Å². The number of hydrogen-bond acceptors (Lipinski definition) is 2. The summed E-state index contributed by atoms with van der Waals surface area (Å²) in [6.45, 7) is 1.51. The Kier molecular flexibility index (Phi) is 4.84. The predicted molar refractivity (Wildman–Crippen MR) is 89.4 cm³/mol. The summed E-state index contributed by atoms with van der Waals surface area (Å²) in [5.74, 6) is 0.0794. The highest BCUT2D eigenvalue weighted by molar-refractivity contribution is 5.76. The summed E-state index contributed by atoms with van der Waals surface area (Å²) in [4.78, 5) is 18.6. The highest BCUT2D eigenvalue weighted by atomic mass is 16.2. The first-order chi connectivity index (χ1) is 11.3. The number of hydrogen-bond donors (Lipinski definition) is 0. The maximum absolute atomic E-state index is 12.7. The third-order valence-corrected chi connectivity index (χ3v) is 3.66. The van der Waals surface area contributed by atoms with E-state index in [-0.39, 0.29) is 5.91 Å². The second-order valence-corrected chi connectivity index (χ2v) is 5.46. The number of carbonyl (C=O) groups excluding carboxylic acids is 1. The van der Waals surface area contributed by atoms with Crippen LogP contribution in [-0.2, 0) is 24.4 Å². The molecule has 0 aliphatic carbocycles. The molecule has 1 heterocycles. The van der Waals surface area contributed by atoms with E-state index in [9.17, 15) is 4.79 Å². The van der Waals surface area contributed by atoms with Crippen molar-refractivity contribution in [2.75, 3.05) is 0 Å². The lowest BCUT2D eigenvalue weighted by Gasteiger charge is -2.23. The number of carbonyl (C=O) groups is 1. The Balaban J connectivity index is 1.76. The maximum Gasteiger partial charge on any atom is 0.243 e. The Morgan fingerprint density at radius 2 is 1.48 bits per heavy atom. The lowest BCUT2D eigenvalue weighted by Crippen LogP contribution is -2.32. The second-order valence-electron chi connectivity index (χ2n) is 5.46. The molecular weight excluding hydrogens is 286 g/mol. The van der Waals surface area contributed by atoms with Gasteiger partial charge < -0.3 is 9.47 Å². The molecular formula is C19H19N3O. The molecule has 3 rings (SSSR count). The zero-order valence-electron chi connectivity index (χ0n) is 12.9. The van der Waals surface area contributed by atoms with Gasteiger partial charge in [0, 0.05) is 25.5 Å². The van der Waals surface area contributed by atoms with Gasteiger partial charge in [-0.3, -0.25) is 4.79 Å². The van der Waals surface area contributed by atoms with E-state index >= 15 is 0 Å². The lowest BCUT2D eigenvalue weighted by atomic mass is 10.1. The van der Waals surface area contributed by atoms with Crippen LogP contribution in [0.1, 0.15) is 11.1 Å². The standard InChI is InChI=1S/C19H19N3O/c23-19(15-21-12-11-20-16-21)22(13-17-7-3-1-4-8-17)14-18-9-5-2-6-10-18/h1-12,16H,13-15H2. The number of benzene rings is 2. The van der Waals surface area contributed by atoms with Crippen LogP contribution < -0.4 is 0 Å². The Hall–Kier alpha value is -2.88. The molecule has 0 spiro atoms. The molecule has 0 N–H and O–H groups in total. The molecule has 0 atom stereocenters. The fraction of sp³-hybridized carbons (Fsp3) is 0.158. The molecule has 4 heteroatoms. The minimum Gasteiger partial charge on any atom is -0.332 e. The zero-order chi connectivity index (χ0) is 15.9. The highest BCUT2D eigenvalue weighted by Gasteiger charge is 2.15. The summed E-state index contributed by atoms with van der Waals surface area (Å²) in [6, 6.07) is 20.1. The average molecular weight is 305 g/mol. The average Bonchev–Trinajstić information content (AvgIpc) is 3.09. The lowest BCUT2D eigenvalue weighted by molar-refractivity contribution is -0.133. The number of imidazole rings is 1. The summed E-state index contributed by atoms with van der Waals surface area (Å²) >= 11 is 0. The van der Waals surface area contributed by atoms with E-state index in [1.165, 1.54) is 0 Å². The van der Waals surface area contributed by atoms with Gasteiger partial charge in [-0.25, -0.2) is 4.98 Å². The van der Waals surface area contributed by atoms with Crippen LogP contribution >= 0.6 is 0 Å². The van der Waals surface area contributed by atoms with Gasteiger partial charge in [-0.05, 0) is 11.1 Å². The summed E-state index contributed by atoms with van der Waals surface area (Å²) in [5.41, 5.74) is 2.25. The molecule has 0 bridgehead atoms. The first-order valence-corrected chi connectivity index (χ1v) is 7.62. The van der Waals surface area contributed by atoms with Crippen molar-refractivity contribution in [1.82, 2.24) is 14.5 Å². The van der Waals surface area contributed by atoms with E-state index in [1.807, 2.05) is 65.6 Å². The molecule has 2 aromatic carbocycles. The highest BCUT2D eigenvalue weighted by Crippen LogP contribution is 2.11. The summed E-state index contributed by atoms with van der Waals surface area (Å²) in [7, 11) is 0. The van der Waals surface area contributed by atoms with Gasteiger partial charge in [0.1, 0.15) is 6.54 Å². The largest absolute Gasteiger partial charge is 0.332 e. The molecule has 116 valence electrons. The molecule has 4 nitrogen and oxygen atoms in total. The molecule has 3 aromatic rings. The topological polar surface area (TPSA) is 38.1 Å². The predicted octanol–water partition coefficient (Wildman–Crippen LogP) is 3.11. The quantitative estimate of drug-likeness (QED) is 0.702. The molecule has 1 aromatic heterocycles. The van der Waals surface area contributed by atoms with Crippen LogP contribution in [0, 0.1) is 0 Å². The summed E-state index contributed by atoms with van der Waals surface area (Å²) in [6.07, 6.45) is 5.16. The van der Waals surface area contributed by atoms with E-state index in [4.69, 9.17) is 0 Å². The van der Waals surface area contributed by atoms with E-state index in [2.05, 4.69) is 4.98 Å². The number of rotatable bonds is 6. The van der Waals surface area contributed by atoms with Gasteiger partial charge in [0.25, 0.3) is 0 Å². The van der Waals surface area contributed by atoms with Crippen molar-refractivity contribution in [1.29, 1.82) is 0 Å². The Bertz CT molecular complexity index is 682. The minimum absolute atomic E-state index is 0.0794. The fourth-order valence-electron chi connectivity index (χ4n) is 2.48. The van der Waals surface area contributed by atoms with E-state index in [0.717, 1.165) is 11.1 Å². The van der Waals surface area contributed by atoms with Crippen molar-refractivity contribution in [2.45, 2.75) is 19.6 Å². The zero-order valence-corrected chi connectivity index (χ0v) is 12.9. The molecule has 0 radical (unpaired) electrons. The molecule has 0 aliphatic heterocycles. The van der Waals surface area contributed by atoms with Gasteiger partial charge in [0.2, 0.25) is 5.91 Å². The molecule has 0 aliphatic rings. The van der Waals surface area contributed by atoms with Gasteiger partial charge in [-0.2, -0.15) is 0 Å². The number of nitrogens with zero attached hydrogens (tertiary/aromatic N) is 3. The summed E-state index contributed by atoms with van der Waals surface area (Å²) in [5, 5.41) is 0. The maximum atomic E-state index is 12.7. The van der Waals surface area contributed by atoms with Crippen LogP contribution in [-0.4, -0.2) is 20.4 Å². The Morgan fingerprint density at radius 1 is 0.913 bits per heavy atom. The van der Waals surface area contributed by atoms with Crippen molar-refractivity contribution in [3.63, 3.8) is 0 Å². The summed E-state index contributed by atoms with van der Waals surface area (Å²) < 4.78 is 1.80. The first-order valence-electron chi connectivity index (χ1n) is 7.62. The van der Waals surface area contributed by atoms with Crippen LogP contribution in [0.4, 0.5) is 0 Å². The van der Waals surface area contributed by atoms with Crippen LogP contribution in [0.2, 0.25) is 0 Å². The van der Waals surface area contributed by atoms with Gasteiger partial charge in [0.05, 0.1) is 6.33 Å². The van der Waals surface area contributed by atoms with Crippen molar-refractivity contribution >= 4 is 5.91 Å². The first kappa shape index (κ1) is 15.0. The SMILES string of the molecule is O=C(Cn1ccnc1)N(Cc1ccccc1)Cc1ccccc1. The second kappa shape index (κ2) is 7.40. The molecule has 0 unspecified atom stereocenters. The van der Waals surface area contributed by atoms with Gasteiger partial charge in [-0.15, -0.1) is 0 Å². The fourth-order valence-corrected chi connectivity index (χ4v) is 2.48. The number of aromatic nitrogens is 2. The normalized spacial score (nSPS) is 10.4.